The molecule has 0 spiro atoms. The molecular weight excluding hydrogens is 366 g/mol. The molecule has 0 aliphatic heterocycles. The van der Waals surface area contributed by atoms with Gasteiger partial charge in [0.25, 0.3) is 0 Å². The number of nitrogens with one attached hydrogen (secondary N) is 3. The summed E-state index contributed by atoms with van der Waals surface area (Å²) >= 11 is 0. The lowest BCUT2D eigenvalue weighted by Crippen LogP contribution is -2.50. The van der Waals surface area contributed by atoms with Crippen molar-refractivity contribution in [2.45, 2.75) is 45.3 Å². The highest BCUT2D eigenvalue weighted by atomic mass is 16.2. The van der Waals surface area contributed by atoms with Crippen LogP contribution in [0.3, 0.4) is 0 Å². The number of hydrogen-bond donors (Lipinski definition) is 5. The van der Waals surface area contributed by atoms with Gasteiger partial charge in [0, 0.05) is 12.1 Å². The summed E-state index contributed by atoms with van der Waals surface area (Å²) in [5.74, 6) is -0.638. The lowest BCUT2D eigenvalue weighted by molar-refractivity contribution is -0.129. The largest absolute Gasteiger partial charge is 0.384 e. The van der Waals surface area contributed by atoms with Gasteiger partial charge in [-0.15, -0.1) is 0 Å². The first-order chi connectivity index (χ1) is 13.8. The van der Waals surface area contributed by atoms with Gasteiger partial charge >= 0.3 is 0 Å². The standard InChI is InChI=1S/C22H29N5O2/c1-14-3-5-16(6-4-14)9-12-19(23)22(29)27-15(2)21(28)26-13-17-7-10-18(11-8-17)20(24)25/h3-8,10-11,15,19H,9,12-13,23H2,1-2H3,(H3,24,25)(H,26,28)(H,27,29)/t15-,19+/m0/s1. The van der Waals surface area contributed by atoms with Gasteiger partial charge in [-0.3, -0.25) is 15.0 Å². The molecule has 7 heteroatoms. The molecule has 0 fully saturated rings. The molecule has 154 valence electrons. The Labute approximate surface area is 171 Å². The van der Waals surface area contributed by atoms with Crippen LogP contribution in [0.4, 0.5) is 0 Å². The van der Waals surface area contributed by atoms with Crippen molar-refractivity contribution >= 4 is 17.6 Å². The topological polar surface area (TPSA) is 134 Å². The van der Waals surface area contributed by atoms with Gasteiger partial charge in [-0.1, -0.05) is 54.1 Å². The average Bonchev–Trinajstić information content (AvgIpc) is 2.71. The maximum atomic E-state index is 12.3. The fraction of sp³-hybridized carbons (Fsp3) is 0.318. The van der Waals surface area contributed by atoms with Gasteiger partial charge in [-0.2, -0.15) is 0 Å². The Hall–Kier alpha value is -3.19. The zero-order valence-electron chi connectivity index (χ0n) is 16.9. The third kappa shape index (κ3) is 7.04. The number of rotatable bonds is 9. The lowest BCUT2D eigenvalue weighted by atomic mass is 10.0. The summed E-state index contributed by atoms with van der Waals surface area (Å²) in [5, 5.41) is 12.8. The van der Waals surface area contributed by atoms with E-state index in [1.54, 1.807) is 31.2 Å². The molecule has 0 aliphatic carbocycles. The van der Waals surface area contributed by atoms with Gasteiger partial charge in [0.05, 0.1) is 6.04 Å². The van der Waals surface area contributed by atoms with Gasteiger partial charge in [0.1, 0.15) is 11.9 Å². The van der Waals surface area contributed by atoms with Crippen LogP contribution in [-0.2, 0) is 22.6 Å². The van der Waals surface area contributed by atoms with Crippen LogP contribution in [0.1, 0.15) is 35.6 Å². The van der Waals surface area contributed by atoms with Gasteiger partial charge in [0.15, 0.2) is 0 Å². The molecule has 2 atom stereocenters. The third-order valence-electron chi connectivity index (χ3n) is 4.69. The normalized spacial score (nSPS) is 12.7. The first-order valence-corrected chi connectivity index (χ1v) is 9.59. The van der Waals surface area contributed by atoms with Crippen LogP contribution in [0.15, 0.2) is 48.5 Å². The fourth-order valence-corrected chi connectivity index (χ4v) is 2.74. The molecule has 0 saturated heterocycles. The predicted molar refractivity (Wildman–Crippen MR) is 114 cm³/mol. The number of carbonyl (C=O) groups excluding carboxylic acids is 2. The molecule has 2 rings (SSSR count). The van der Waals surface area contributed by atoms with Crippen molar-refractivity contribution in [2.24, 2.45) is 11.5 Å². The zero-order valence-corrected chi connectivity index (χ0v) is 16.9. The lowest BCUT2D eigenvalue weighted by Gasteiger charge is -2.17. The molecular formula is C22H29N5O2. The maximum Gasteiger partial charge on any atom is 0.242 e. The molecule has 0 unspecified atom stereocenters. The van der Waals surface area contributed by atoms with Gasteiger partial charge in [0.2, 0.25) is 11.8 Å². The van der Waals surface area contributed by atoms with E-state index in [0.29, 0.717) is 24.9 Å². The van der Waals surface area contributed by atoms with Crippen molar-refractivity contribution < 1.29 is 9.59 Å². The van der Waals surface area contributed by atoms with Crippen LogP contribution < -0.4 is 22.1 Å². The van der Waals surface area contributed by atoms with E-state index in [2.05, 4.69) is 10.6 Å². The summed E-state index contributed by atoms with van der Waals surface area (Å²) in [6, 6.07) is 13.8. The van der Waals surface area contributed by atoms with E-state index in [4.69, 9.17) is 16.9 Å². The Morgan fingerprint density at radius 3 is 2.17 bits per heavy atom. The number of benzene rings is 2. The Balaban J connectivity index is 1.76. The van der Waals surface area contributed by atoms with Crippen LogP contribution in [0.25, 0.3) is 0 Å². The summed E-state index contributed by atoms with van der Waals surface area (Å²) in [6.07, 6.45) is 1.21. The highest BCUT2D eigenvalue weighted by molar-refractivity contribution is 5.94. The van der Waals surface area contributed by atoms with Crippen molar-refractivity contribution in [3.8, 4) is 0 Å². The molecule has 0 heterocycles. The summed E-state index contributed by atoms with van der Waals surface area (Å²) < 4.78 is 0. The highest BCUT2D eigenvalue weighted by Gasteiger charge is 2.19. The molecule has 7 nitrogen and oxygen atoms in total. The second kappa shape index (κ2) is 10.4. The first kappa shape index (κ1) is 22.1. The second-order valence-electron chi connectivity index (χ2n) is 7.19. The average molecular weight is 396 g/mol. The van der Waals surface area contributed by atoms with E-state index in [1.165, 1.54) is 5.56 Å². The monoisotopic (exact) mass is 395 g/mol. The molecule has 0 aromatic heterocycles. The van der Waals surface area contributed by atoms with E-state index in [-0.39, 0.29) is 17.6 Å². The minimum atomic E-state index is -0.690. The van der Waals surface area contributed by atoms with Crippen molar-refractivity contribution in [3.05, 3.63) is 70.8 Å². The van der Waals surface area contributed by atoms with Crippen LogP contribution in [0, 0.1) is 12.3 Å². The van der Waals surface area contributed by atoms with E-state index in [1.807, 2.05) is 31.2 Å². The first-order valence-electron chi connectivity index (χ1n) is 9.59. The van der Waals surface area contributed by atoms with E-state index in [0.717, 1.165) is 11.1 Å². The molecule has 2 aromatic rings. The van der Waals surface area contributed by atoms with Crippen molar-refractivity contribution in [3.63, 3.8) is 0 Å². The number of nitrogens with two attached hydrogens (primary N) is 2. The highest BCUT2D eigenvalue weighted by Crippen LogP contribution is 2.07. The molecule has 0 bridgehead atoms. The quantitative estimate of drug-likeness (QED) is 0.324. The molecule has 0 saturated carbocycles. The molecule has 29 heavy (non-hydrogen) atoms. The smallest absolute Gasteiger partial charge is 0.242 e. The molecule has 7 N–H and O–H groups in total. The summed E-state index contributed by atoms with van der Waals surface area (Å²) in [6.45, 7) is 3.96. The van der Waals surface area contributed by atoms with Crippen molar-refractivity contribution in [1.29, 1.82) is 5.41 Å². The number of amides is 2. The van der Waals surface area contributed by atoms with Gasteiger partial charge in [-0.25, -0.2) is 0 Å². The fourth-order valence-electron chi connectivity index (χ4n) is 2.74. The summed E-state index contributed by atoms with van der Waals surface area (Å²) in [7, 11) is 0. The Morgan fingerprint density at radius 2 is 1.59 bits per heavy atom. The van der Waals surface area contributed by atoms with Crippen LogP contribution >= 0.6 is 0 Å². The SMILES string of the molecule is Cc1ccc(CC[C@@H](N)C(=O)N[C@@H](C)C(=O)NCc2ccc(C(=N)N)cc2)cc1. The van der Waals surface area contributed by atoms with E-state index in [9.17, 15) is 9.59 Å². The Kier molecular flexibility index (Phi) is 7.91. The minimum Gasteiger partial charge on any atom is -0.384 e. The van der Waals surface area contributed by atoms with Crippen LogP contribution in [0.5, 0.6) is 0 Å². The summed E-state index contributed by atoms with van der Waals surface area (Å²) in [4.78, 5) is 24.5. The number of aryl methyl sites for hydroxylation is 2. The Morgan fingerprint density at radius 1 is 1.00 bits per heavy atom. The maximum absolute atomic E-state index is 12.3. The number of amidine groups is 1. The zero-order chi connectivity index (χ0) is 21.4. The Bertz CT molecular complexity index is 847. The number of nitrogen functional groups attached to an aromatic ring is 1. The minimum absolute atomic E-state index is 0.00404. The van der Waals surface area contributed by atoms with E-state index >= 15 is 0 Å². The molecule has 0 aliphatic rings. The molecule has 2 amide bonds. The number of hydrogen-bond acceptors (Lipinski definition) is 4. The van der Waals surface area contributed by atoms with Crippen LogP contribution in [-0.4, -0.2) is 29.7 Å². The molecule has 0 radical (unpaired) electrons. The van der Waals surface area contributed by atoms with Gasteiger partial charge in [-0.05, 0) is 37.8 Å². The summed E-state index contributed by atoms with van der Waals surface area (Å²) in [5.41, 5.74) is 15.2. The number of carbonyl (C=O) groups is 2. The van der Waals surface area contributed by atoms with Crippen molar-refractivity contribution in [2.75, 3.05) is 0 Å². The predicted octanol–water partition coefficient (Wildman–Crippen LogP) is 1.36. The third-order valence-corrected chi connectivity index (χ3v) is 4.69. The van der Waals surface area contributed by atoms with Crippen LogP contribution in [0.2, 0.25) is 0 Å². The van der Waals surface area contributed by atoms with Crippen molar-refractivity contribution in [1.82, 2.24) is 10.6 Å². The molecule has 2 aromatic carbocycles. The van der Waals surface area contributed by atoms with Gasteiger partial charge < -0.3 is 22.1 Å². The second-order valence-corrected chi connectivity index (χ2v) is 7.19. The van der Waals surface area contributed by atoms with E-state index < -0.39 is 12.1 Å².